The van der Waals surface area contributed by atoms with Crippen LogP contribution in [-0.4, -0.2) is 5.75 Å². The van der Waals surface area contributed by atoms with Crippen molar-refractivity contribution in [3.63, 3.8) is 0 Å². The first-order chi connectivity index (χ1) is 7.45. The van der Waals surface area contributed by atoms with Crippen LogP contribution < -0.4 is 5.73 Å². The number of rotatable bonds is 3. The standard InChI is InChI=1S/C11H12F3NS/c12-11(13,14)10-7-9(15)5-4-8(10)3-1-2-6-16/h1,3-5,7,16H,2,6,15H2. The lowest BCUT2D eigenvalue weighted by Gasteiger charge is -2.10. The van der Waals surface area contributed by atoms with Gasteiger partial charge in [-0.25, -0.2) is 0 Å². The summed E-state index contributed by atoms with van der Waals surface area (Å²) in [7, 11) is 0. The molecule has 1 nitrogen and oxygen atoms in total. The van der Waals surface area contributed by atoms with Gasteiger partial charge in [-0.3, -0.25) is 0 Å². The number of thiol groups is 1. The Balaban J connectivity index is 3.08. The molecule has 0 amide bonds. The zero-order valence-electron chi connectivity index (χ0n) is 8.46. The summed E-state index contributed by atoms with van der Waals surface area (Å²) < 4.78 is 37.9. The highest BCUT2D eigenvalue weighted by Gasteiger charge is 2.32. The van der Waals surface area contributed by atoms with Gasteiger partial charge in [0.1, 0.15) is 0 Å². The third-order valence-corrected chi connectivity index (χ3v) is 2.23. The number of halogens is 3. The van der Waals surface area contributed by atoms with E-state index in [1.165, 1.54) is 18.2 Å². The summed E-state index contributed by atoms with van der Waals surface area (Å²) in [6, 6.07) is 3.77. The molecule has 0 bridgehead atoms. The number of alkyl halides is 3. The maximum absolute atomic E-state index is 12.6. The monoisotopic (exact) mass is 247 g/mol. The maximum Gasteiger partial charge on any atom is 0.417 e. The summed E-state index contributed by atoms with van der Waals surface area (Å²) in [4.78, 5) is 0. The summed E-state index contributed by atoms with van der Waals surface area (Å²) in [5.41, 5.74) is 4.88. The molecule has 0 aliphatic heterocycles. The van der Waals surface area contributed by atoms with Crippen molar-refractivity contribution < 1.29 is 13.2 Å². The highest BCUT2D eigenvalue weighted by atomic mass is 32.1. The van der Waals surface area contributed by atoms with Crippen LogP contribution in [0.3, 0.4) is 0 Å². The summed E-state index contributed by atoms with van der Waals surface area (Å²) >= 11 is 3.97. The molecule has 0 fully saturated rings. The van der Waals surface area contributed by atoms with Gasteiger partial charge in [0.15, 0.2) is 0 Å². The minimum Gasteiger partial charge on any atom is -0.399 e. The second-order valence-corrected chi connectivity index (χ2v) is 3.71. The van der Waals surface area contributed by atoms with E-state index in [1.54, 1.807) is 6.08 Å². The summed E-state index contributed by atoms with van der Waals surface area (Å²) in [5, 5.41) is 0. The lowest BCUT2D eigenvalue weighted by molar-refractivity contribution is -0.137. The van der Waals surface area contributed by atoms with Crippen LogP contribution in [0.25, 0.3) is 6.08 Å². The summed E-state index contributed by atoms with van der Waals surface area (Å²) in [6.45, 7) is 0. The molecule has 1 aromatic carbocycles. The molecule has 0 saturated heterocycles. The Kier molecular flexibility index (Phi) is 4.29. The van der Waals surface area contributed by atoms with Gasteiger partial charge >= 0.3 is 6.18 Å². The Morgan fingerprint density at radius 1 is 1.31 bits per heavy atom. The van der Waals surface area contributed by atoms with Crippen molar-refractivity contribution in [2.45, 2.75) is 12.6 Å². The molecule has 0 radical (unpaired) electrons. The van der Waals surface area contributed by atoms with Crippen molar-refractivity contribution in [3.8, 4) is 0 Å². The smallest absolute Gasteiger partial charge is 0.399 e. The van der Waals surface area contributed by atoms with Crippen LogP contribution in [0.2, 0.25) is 0 Å². The van der Waals surface area contributed by atoms with Gasteiger partial charge in [0.2, 0.25) is 0 Å². The van der Waals surface area contributed by atoms with Crippen molar-refractivity contribution >= 4 is 24.4 Å². The van der Waals surface area contributed by atoms with Gasteiger partial charge in [0.05, 0.1) is 5.56 Å². The Morgan fingerprint density at radius 3 is 2.56 bits per heavy atom. The van der Waals surface area contributed by atoms with E-state index in [1.807, 2.05) is 0 Å². The van der Waals surface area contributed by atoms with E-state index in [0.717, 1.165) is 6.07 Å². The highest BCUT2D eigenvalue weighted by Crippen LogP contribution is 2.33. The third kappa shape index (κ3) is 3.48. The van der Waals surface area contributed by atoms with E-state index in [-0.39, 0.29) is 11.3 Å². The Labute approximate surface area is 97.6 Å². The fraction of sp³-hybridized carbons (Fsp3) is 0.273. The van der Waals surface area contributed by atoms with E-state index in [2.05, 4.69) is 12.6 Å². The van der Waals surface area contributed by atoms with E-state index in [9.17, 15) is 13.2 Å². The van der Waals surface area contributed by atoms with Gasteiger partial charge in [-0.15, -0.1) is 0 Å². The van der Waals surface area contributed by atoms with E-state index in [0.29, 0.717) is 12.2 Å². The van der Waals surface area contributed by atoms with Crippen molar-refractivity contribution in [1.82, 2.24) is 0 Å². The Morgan fingerprint density at radius 2 is 2.00 bits per heavy atom. The van der Waals surface area contributed by atoms with Gasteiger partial charge in [-0.1, -0.05) is 18.2 Å². The normalized spacial score (nSPS) is 12.2. The first kappa shape index (κ1) is 13.0. The molecule has 0 aliphatic carbocycles. The zero-order valence-corrected chi connectivity index (χ0v) is 9.35. The minimum atomic E-state index is -4.38. The van der Waals surface area contributed by atoms with Gasteiger partial charge in [-0.2, -0.15) is 25.8 Å². The average Bonchev–Trinajstić information content (AvgIpc) is 2.19. The molecule has 5 heteroatoms. The molecule has 0 unspecified atom stereocenters. The molecule has 0 aromatic heterocycles. The predicted molar refractivity (Wildman–Crippen MR) is 63.4 cm³/mol. The van der Waals surface area contributed by atoms with Crippen LogP contribution in [0.1, 0.15) is 17.5 Å². The SMILES string of the molecule is Nc1ccc(C=CCCS)c(C(F)(F)F)c1. The largest absolute Gasteiger partial charge is 0.417 e. The molecule has 88 valence electrons. The first-order valence-electron chi connectivity index (χ1n) is 4.69. The second-order valence-electron chi connectivity index (χ2n) is 3.26. The molecule has 1 rings (SSSR count). The summed E-state index contributed by atoms with van der Waals surface area (Å²) in [6.07, 6.45) is -0.646. The van der Waals surface area contributed by atoms with Crippen LogP contribution >= 0.6 is 12.6 Å². The number of allylic oxidation sites excluding steroid dienone is 1. The predicted octanol–water partition coefficient (Wildman–Crippen LogP) is 3.62. The minimum absolute atomic E-state index is 0.110. The number of hydrogen-bond acceptors (Lipinski definition) is 2. The van der Waals surface area contributed by atoms with Gasteiger partial charge < -0.3 is 5.73 Å². The molecular formula is C11H12F3NS. The molecule has 16 heavy (non-hydrogen) atoms. The Hall–Kier alpha value is -1.10. The molecule has 0 atom stereocenters. The van der Waals surface area contributed by atoms with Crippen LogP contribution in [0.15, 0.2) is 24.3 Å². The van der Waals surface area contributed by atoms with Gasteiger partial charge in [0, 0.05) is 5.69 Å². The Bertz CT molecular complexity index is 385. The topological polar surface area (TPSA) is 26.0 Å². The van der Waals surface area contributed by atoms with E-state index >= 15 is 0 Å². The number of hydrogen-bond donors (Lipinski definition) is 2. The van der Waals surface area contributed by atoms with Crippen LogP contribution in [-0.2, 0) is 6.18 Å². The van der Waals surface area contributed by atoms with Crippen LogP contribution in [0, 0.1) is 0 Å². The molecule has 0 saturated carbocycles. The number of nitrogen functional groups attached to an aromatic ring is 1. The van der Waals surface area contributed by atoms with E-state index < -0.39 is 11.7 Å². The van der Waals surface area contributed by atoms with Crippen LogP contribution in [0.5, 0.6) is 0 Å². The van der Waals surface area contributed by atoms with Gasteiger partial charge in [0.25, 0.3) is 0 Å². The first-order valence-corrected chi connectivity index (χ1v) is 5.32. The van der Waals surface area contributed by atoms with E-state index in [4.69, 9.17) is 5.73 Å². The molecular weight excluding hydrogens is 235 g/mol. The third-order valence-electron chi connectivity index (χ3n) is 1.98. The van der Waals surface area contributed by atoms with Crippen LogP contribution in [0.4, 0.5) is 18.9 Å². The number of anilines is 1. The lowest BCUT2D eigenvalue weighted by atomic mass is 10.1. The fourth-order valence-corrected chi connectivity index (χ4v) is 1.40. The molecule has 1 aromatic rings. The van der Waals surface area contributed by atoms with Crippen molar-refractivity contribution in [2.75, 3.05) is 11.5 Å². The zero-order chi connectivity index (χ0) is 12.2. The molecule has 0 heterocycles. The number of benzene rings is 1. The molecule has 0 aliphatic rings. The molecule has 0 spiro atoms. The molecule has 2 N–H and O–H groups in total. The van der Waals surface area contributed by atoms with Gasteiger partial charge in [-0.05, 0) is 29.9 Å². The maximum atomic E-state index is 12.6. The fourth-order valence-electron chi connectivity index (χ4n) is 1.25. The highest BCUT2D eigenvalue weighted by molar-refractivity contribution is 7.80. The lowest BCUT2D eigenvalue weighted by Crippen LogP contribution is -2.08. The number of nitrogens with two attached hydrogens (primary N) is 1. The quantitative estimate of drug-likeness (QED) is 0.619. The van der Waals surface area contributed by atoms with Crippen molar-refractivity contribution in [3.05, 3.63) is 35.4 Å². The summed E-state index contributed by atoms with van der Waals surface area (Å²) in [5.74, 6) is 0.604. The average molecular weight is 247 g/mol. The van der Waals surface area contributed by atoms with Crippen molar-refractivity contribution in [2.24, 2.45) is 0 Å². The van der Waals surface area contributed by atoms with Crippen molar-refractivity contribution in [1.29, 1.82) is 0 Å². The second kappa shape index (κ2) is 5.30.